The second kappa shape index (κ2) is 10.7. The average molecular weight is 337 g/mol. The van der Waals surface area contributed by atoms with Gasteiger partial charge < -0.3 is 9.84 Å². The van der Waals surface area contributed by atoms with Crippen LogP contribution in [-0.4, -0.2) is 22.8 Å². The van der Waals surface area contributed by atoms with E-state index < -0.39 is 5.60 Å². The molecule has 138 valence electrons. The number of allylic oxidation sites excluding steroid dienone is 3. The number of aliphatic hydroxyl groups is 1. The molecular weight excluding hydrogens is 300 g/mol. The molecule has 0 saturated heterocycles. The van der Waals surface area contributed by atoms with Crippen molar-refractivity contribution >= 4 is 5.97 Å². The Morgan fingerprint density at radius 3 is 2.58 bits per heavy atom. The predicted octanol–water partition coefficient (Wildman–Crippen LogP) is 5.33. The van der Waals surface area contributed by atoms with Gasteiger partial charge in [-0.2, -0.15) is 0 Å². The summed E-state index contributed by atoms with van der Waals surface area (Å²) in [6.07, 6.45) is 15.5. The van der Waals surface area contributed by atoms with Crippen LogP contribution in [0.25, 0.3) is 0 Å². The molecule has 1 aliphatic rings. The summed E-state index contributed by atoms with van der Waals surface area (Å²) >= 11 is 0. The summed E-state index contributed by atoms with van der Waals surface area (Å²) in [5.41, 5.74) is 0.382. The number of rotatable bonds is 9. The second-order valence-corrected chi connectivity index (χ2v) is 8.03. The van der Waals surface area contributed by atoms with E-state index in [1.54, 1.807) is 6.08 Å². The average Bonchev–Trinajstić information content (AvgIpc) is 2.46. The molecule has 3 heteroatoms. The van der Waals surface area contributed by atoms with Crippen molar-refractivity contribution in [1.29, 1.82) is 0 Å². The maximum atomic E-state index is 11.9. The summed E-state index contributed by atoms with van der Waals surface area (Å²) in [5, 5.41) is 9.72. The summed E-state index contributed by atoms with van der Waals surface area (Å²) in [6.45, 7) is 7.89. The van der Waals surface area contributed by atoms with Crippen molar-refractivity contribution < 1.29 is 14.6 Å². The van der Waals surface area contributed by atoms with Gasteiger partial charge in [0.2, 0.25) is 0 Å². The molecule has 0 radical (unpaired) electrons. The lowest BCUT2D eigenvalue weighted by molar-refractivity contribution is -0.144. The monoisotopic (exact) mass is 336 g/mol. The molecule has 0 aromatic carbocycles. The lowest BCUT2D eigenvalue weighted by Gasteiger charge is -2.21. The van der Waals surface area contributed by atoms with Gasteiger partial charge in [-0.25, -0.2) is 4.79 Å². The van der Waals surface area contributed by atoms with Gasteiger partial charge in [0.1, 0.15) is 6.10 Å². The third-order valence-electron chi connectivity index (χ3n) is 4.59. The molecule has 0 spiro atoms. The Hall–Kier alpha value is -1.09. The van der Waals surface area contributed by atoms with Crippen LogP contribution in [0.15, 0.2) is 23.8 Å². The van der Waals surface area contributed by atoms with Gasteiger partial charge in [0.25, 0.3) is 0 Å². The van der Waals surface area contributed by atoms with E-state index in [0.717, 1.165) is 44.1 Å². The van der Waals surface area contributed by atoms with Gasteiger partial charge in [-0.3, -0.25) is 0 Å². The molecule has 1 atom stereocenters. The summed E-state index contributed by atoms with van der Waals surface area (Å²) in [4.78, 5) is 11.9. The summed E-state index contributed by atoms with van der Waals surface area (Å²) in [5.74, 6) is 0.382. The van der Waals surface area contributed by atoms with Crippen LogP contribution < -0.4 is 0 Å². The molecule has 3 nitrogen and oxygen atoms in total. The first-order valence-electron chi connectivity index (χ1n) is 9.54. The zero-order valence-corrected chi connectivity index (χ0v) is 16.0. The van der Waals surface area contributed by atoms with Crippen LogP contribution in [0, 0.1) is 5.92 Å². The maximum Gasteiger partial charge on any atom is 0.331 e. The third-order valence-corrected chi connectivity index (χ3v) is 4.59. The van der Waals surface area contributed by atoms with E-state index in [-0.39, 0.29) is 12.1 Å². The highest BCUT2D eigenvalue weighted by molar-refractivity contribution is 5.83. The Morgan fingerprint density at radius 1 is 1.29 bits per heavy atom. The Bertz CT molecular complexity index is 423. The van der Waals surface area contributed by atoms with Crippen molar-refractivity contribution in [2.45, 2.75) is 97.2 Å². The molecule has 0 heterocycles. The largest absolute Gasteiger partial charge is 0.459 e. The first kappa shape index (κ1) is 21.0. The molecule has 24 heavy (non-hydrogen) atoms. The van der Waals surface area contributed by atoms with Crippen molar-refractivity contribution in [2.24, 2.45) is 5.92 Å². The number of ether oxygens (including phenoxy) is 1. The molecule has 1 saturated carbocycles. The predicted molar refractivity (Wildman–Crippen MR) is 99.8 cm³/mol. The Morgan fingerprint density at radius 2 is 1.96 bits per heavy atom. The van der Waals surface area contributed by atoms with E-state index in [4.69, 9.17) is 4.74 Å². The second-order valence-electron chi connectivity index (χ2n) is 8.03. The van der Waals surface area contributed by atoms with E-state index in [0.29, 0.717) is 5.92 Å². The zero-order chi connectivity index (χ0) is 18.0. The molecule has 0 amide bonds. The van der Waals surface area contributed by atoms with Gasteiger partial charge in [0.05, 0.1) is 5.60 Å². The van der Waals surface area contributed by atoms with Crippen LogP contribution in [0.4, 0.5) is 0 Å². The Balaban J connectivity index is 2.25. The van der Waals surface area contributed by atoms with Crippen LogP contribution in [0.1, 0.15) is 85.5 Å². The topological polar surface area (TPSA) is 46.5 Å². The van der Waals surface area contributed by atoms with Gasteiger partial charge in [-0.05, 0) is 70.8 Å². The highest BCUT2D eigenvalue weighted by Gasteiger charge is 2.16. The number of hydrogen-bond donors (Lipinski definition) is 1. The summed E-state index contributed by atoms with van der Waals surface area (Å²) < 4.78 is 5.50. The van der Waals surface area contributed by atoms with Crippen LogP contribution >= 0.6 is 0 Å². The van der Waals surface area contributed by atoms with Crippen LogP contribution in [0.2, 0.25) is 0 Å². The van der Waals surface area contributed by atoms with Crippen LogP contribution in [0.5, 0.6) is 0 Å². The van der Waals surface area contributed by atoms with Crippen LogP contribution in [0.3, 0.4) is 0 Å². The van der Waals surface area contributed by atoms with Crippen molar-refractivity contribution in [1.82, 2.24) is 0 Å². The molecule has 1 unspecified atom stereocenters. The van der Waals surface area contributed by atoms with E-state index in [1.165, 1.54) is 19.3 Å². The first-order valence-corrected chi connectivity index (χ1v) is 9.54. The number of esters is 1. The normalized spacial score (nSPS) is 18.8. The smallest absolute Gasteiger partial charge is 0.331 e. The first-order chi connectivity index (χ1) is 11.3. The zero-order valence-electron chi connectivity index (χ0n) is 16.0. The fourth-order valence-electron chi connectivity index (χ4n) is 3.10. The van der Waals surface area contributed by atoms with Gasteiger partial charge in [0, 0.05) is 6.08 Å². The fraction of sp³-hybridized carbons (Fsp3) is 0.762. The molecule has 1 N–H and O–H groups in total. The van der Waals surface area contributed by atoms with E-state index >= 15 is 0 Å². The Labute approximate surface area is 148 Å². The molecule has 0 aromatic rings. The standard InChI is InChI=1S/C21H36O3/c1-17(12-9-15-21(3,4)23)10-8-11-18(2)16-20(22)24-19-13-6-5-7-14-19/h8,11,16-17,19,23H,5-7,9-10,12-15H2,1-4H3. The van der Waals surface area contributed by atoms with E-state index in [9.17, 15) is 9.90 Å². The number of carbonyl (C=O) groups excluding carboxylic acids is 1. The minimum atomic E-state index is -0.562. The number of hydrogen-bond acceptors (Lipinski definition) is 3. The summed E-state index contributed by atoms with van der Waals surface area (Å²) in [6, 6.07) is 0. The molecule has 0 aromatic heterocycles. The minimum Gasteiger partial charge on any atom is -0.459 e. The lowest BCUT2D eigenvalue weighted by atomic mass is 9.95. The maximum absolute atomic E-state index is 11.9. The van der Waals surface area contributed by atoms with Gasteiger partial charge >= 0.3 is 5.97 Å². The van der Waals surface area contributed by atoms with E-state index in [2.05, 4.69) is 13.0 Å². The van der Waals surface area contributed by atoms with Crippen molar-refractivity contribution in [2.75, 3.05) is 0 Å². The van der Waals surface area contributed by atoms with Crippen molar-refractivity contribution in [3.8, 4) is 0 Å². The fourth-order valence-corrected chi connectivity index (χ4v) is 3.10. The lowest BCUT2D eigenvalue weighted by Crippen LogP contribution is -2.19. The van der Waals surface area contributed by atoms with Gasteiger partial charge in [0.15, 0.2) is 0 Å². The van der Waals surface area contributed by atoms with Crippen molar-refractivity contribution in [3.05, 3.63) is 23.8 Å². The molecule has 1 fully saturated rings. The van der Waals surface area contributed by atoms with Gasteiger partial charge in [-0.1, -0.05) is 38.3 Å². The highest BCUT2D eigenvalue weighted by atomic mass is 16.5. The molecule has 0 aliphatic heterocycles. The quantitative estimate of drug-likeness (QED) is 0.351. The molecule has 1 rings (SSSR count). The highest BCUT2D eigenvalue weighted by Crippen LogP contribution is 2.21. The minimum absolute atomic E-state index is 0.120. The molecule has 0 bridgehead atoms. The van der Waals surface area contributed by atoms with Gasteiger partial charge in [-0.15, -0.1) is 0 Å². The number of carbonyl (C=O) groups is 1. The third kappa shape index (κ3) is 10.6. The van der Waals surface area contributed by atoms with Crippen molar-refractivity contribution in [3.63, 3.8) is 0 Å². The molecular formula is C21H36O3. The summed E-state index contributed by atoms with van der Waals surface area (Å²) in [7, 11) is 0. The Kier molecular flexibility index (Phi) is 9.35. The van der Waals surface area contributed by atoms with Crippen LogP contribution in [-0.2, 0) is 9.53 Å². The molecule has 1 aliphatic carbocycles. The SMILES string of the molecule is CC(C=CCC(C)CCCC(C)(C)O)=CC(=O)OC1CCCCC1. The van der Waals surface area contributed by atoms with E-state index in [1.807, 2.05) is 26.8 Å².